The van der Waals surface area contributed by atoms with Crippen LogP contribution in [0.5, 0.6) is 0 Å². The number of halogens is 1. The molecule has 6 rings (SSSR count). The van der Waals surface area contributed by atoms with Crippen molar-refractivity contribution >= 4 is 22.8 Å². The fourth-order valence-electron chi connectivity index (χ4n) is 6.52. The average Bonchev–Trinajstić information content (AvgIpc) is 3.28. The second-order valence-electron chi connectivity index (χ2n) is 10.8. The van der Waals surface area contributed by atoms with Crippen LogP contribution in [-0.4, -0.2) is 39.2 Å². The molecule has 3 aromatic rings. The van der Waals surface area contributed by atoms with Gasteiger partial charge in [-0.05, 0) is 62.8 Å². The Morgan fingerprint density at radius 1 is 1.31 bits per heavy atom. The highest BCUT2D eigenvalue weighted by atomic mass is 19.1. The van der Waals surface area contributed by atoms with Gasteiger partial charge in [0.25, 0.3) is 5.56 Å². The minimum absolute atomic E-state index is 0.154. The van der Waals surface area contributed by atoms with E-state index >= 15 is 0 Å². The quantitative estimate of drug-likeness (QED) is 0.377. The Hall–Kier alpha value is -3.63. The highest BCUT2D eigenvalue weighted by Crippen LogP contribution is 2.46. The van der Waals surface area contributed by atoms with Crippen LogP contribution in [0.4, 0.5) is 4.39 Å². The zero-order valence-corrected chi connectivity index (χ0v) is 22.3. The van der Waals surface area contributed by atoms with E-state index in [0.717, 1.165) is 22.1 Å². The summed E-state index contributed by atoms with van der Waals surface area (Å²) in [5, 5.41) is 13.1. The van der Waals surface area contributed by atoms with Crippen LogP contribution in [0, 0.1) is 12.7 Å². The van der Waals surface area contributed by atoms with Crippen LogP contribution in [0.2, 0.25) is 0 Å². The molecule has 1 amide bonds. The van der Waals surface area contributed by atoms with Gasteiger partial charge in [-0.1, -0.05) is 6.92 Å². The third-order valence-electron chi connectivity index (χ3n) is 8.26. The standard InChI is InChI=1S/C29H30FN3O6/c1-5-29(39-13(2)3)18-8-22-26-16(10-33(22)27(36)17(18)12-38-28(29)37)25-20(31-23(35)11-34)7-6-15-14(4)19(30)9-21(32-26)24(15)25/h8-9,13,20,34H,5-7,10-12H2,1-4H3,(H,31,35)/t20-,29-/m0/s1. The monoisotopic (exact) mass is 535 g/mol. The summed E-state index contributed by atoms with van der Waals surface area (Å²) in [5.41, 5.74) is 3.46. The number of aryl methyl sites for hydroxylation is 1. The Balaban J connectivity index is 1.65. The van der Waals surface area contributed by atoms with Gasteiger partial charge in [-0.3, -0.25) is 9.59 Å². The molecule has 0 saturated carbocycles. The van der Waals surface area contributed by atoms with Gasteiger partial charge in [0.2, 0.25) is 5.91 Å². The molecule has 204 valence electrons. The summed E-state index contributed by atoms with van der Waals surface area (Å²) in [6, 6.07) is 2.74. The van der Waals surface area contributed by atoms with Crippen molar-refractivity contribution in [1.29, 1.82) is 0 Å². The van der Waals surface area contributed by atoms with Crippen molar-refractivity contribution in [3.05, 3.63) is 61.7 Å². The molecule has 0 radical (unpaired) electrons. The summed E-state index contributed by atoms with van der Waals surface area (Å²) in [7, 11) is 0. The molecule has 0 bridgehead atoms. The summed E-state index contributed by atoms with van der Waals surface area (Å²) in [6.45, 7) is 6.58. The molecule has 0 unspecified atom stereocenters. The van der Waals surface area contributed by atoms with Crippen molar-refractivity contribution in [2.75, 3.05) is 6.61 Å². The molecule has 4 heterocycles. The number of hydrogen-bond acceptors (Lipinski definition) is 7. The normalized spacial score (nSPS) is 21.0. The predicted octanol–water partition coefficient (Wildman–Crippen LogP) is 3.06. The van der Waals surface area contributed by atoms with Crippen LogP contribution in [-0.2, 0) is 44.2 Å². The summed E-state index contributed by atoms with van der Waals surface area (Å²) in [6.07, 6.45) is 1.02. The van der Waals surface area contributed by atoms with E-state index in [-0.39, 0.29) is 37.1 Å². The molecule has 10 heteroatoms. The number of aliphatic hydroxyl groups excluding tert-OH is 1. The van der Waals surface area contributed by atoms with Gasteiger partial charge in [-0.15, -0.1) is 0 Å². The van der Waals surface area contributed by atoms with E-state index in [2.05, 4.69) is 5.32 Å². The van der Waals surface area contributed by atoms with Gasteiger partial charge in [0, 0.05) is 22.6 Å². The van der Waals surface area contributed by atoms with E-state index < -0.39 is 30.1 Å². The van der Waals surface area contributed by atoms with E-state index in [9.17, 15) is 23.9 Å². The summed E-state index contributed by atoms with van der Waals surface area (Å²) in [5.74, 6) is -1.42. The minimum atomic E-state index is -1.43. The lowest BCUT2D eigenvalue weighted by molar-refractivity contribution is -0.187. The van der Waals surface area contributed by atoms with E-state index in [1.54, 1.807) is 17.6 Å². The average molecular weight is 536 g/mol. The van der Waals surface area contributed by atoms with Gasteiger partial charge in [0.15, 0.2) is 5.60 Å². The molecule has 2 aliphatic heterocycles. The maximum absolute atomic E-state index is 15.0. The number of fused-ring (bicyclic) bond motifs is 5. The second kappa shape index (κ2) is 8.96. The lowest BCUT2D eigenvalue weighted by atomic mass is 9.81. The fraction of sp³-hybridized carbons (Fsp3) is 0.448. The van der Waals surface area contributed by atoms with Gasteiger partial charge in [0.05, 0.1) is 41.2 Å². The Morgan fingerprint density at radius 3 is 2.77 bits per heavy atom. The molecule has 2 atom stereocenters. The number of benzene rings is 1. The van der Waals surface area contributed by atoms with E-state index in [0.29, 0.717) is 46.4 Å². The molecule has 0 fully saturated rings. The molecule has 1 aliphatic carbocycles. The summed E-state index contributed by atoms with van der Waals surface area (Å²) < 4.78 is 28.2. The van der Waals surface area contributed by atoms with Gasteiger partial charge < -0.3 is 24.5 Å². The Morgan fingerprint density at radius 2 is 2.08 bits per heavy atom. The Labute approximate surface area is 223 Å². The van der Waals surface area contributed by atoms with Crippen LogP contribution >= 0.6 is 0 Å². The number of aliphatic hydroxyl groups is 1. The van der Waals surface area contributed by atoms with Crippen molar-refractivity contribution in [1.82, 2.24) is 14.9 Å². The van der Waals surface area contributed by atoms with E-state index in [4.69, 9.17) is 14.5 Å². The first-order valence-electron chi connectivity index (χ1n) is 13.3. The second-order valence-corrected chi connectivity index (χ2v) is 10.8. The molecule has 2 aromatic heterocycles. The first-order chi connectivity index (χ1) is 18.6. The Kier molecular flexibility index (Phi) is 5.89. The fourth-order valence-corrected chi connectivity index (χ4v) is 6.52. The number of nitrogens with zero attached hydrogens (tertiary/aromatic N) is 2. The van der Waals surface area contributed by atoms with E-state index in [1.165, 1.54) is 6.07 Å². The van der Waals surface area contributed by atoms with Crippen LogP contribution < -0.4 is 10.9 Å². The molecule has 39 heavy (non-hydrogen) atoms. The molecular weight excluding hydrogens is 505 g/mol. The van der Waals surface area contributed by atoms with Gasteiger partial charge >= 0.3 is 5.97 Å². The van der Waals surface area contributed by atoms with Gasteiger partial charge in [-0.25, -0.2) is 14.2 Å². The van der Waals surface area contributed by atoms with Crippen LogP contribution in [0.15, 0.2) is 16.9 Å². The predicted molar refractivity (Wildman–Crippen MR) is 140 cm³/mol. The highest BCUT2D eigenvalue weighted by molar-refractivity contribution is 5.94. The van der Waals surface area contributed by atoms with Crippen molar-refractivity contribution in [2.24, 2.45) is 0 Å². The van der Waals surface area contributed by atoms with Crippen LogP contribution in [0.25, 0.3) is 22.3 Å². The largest absolute Gasteiger partial charge is 0.458 e. The number of aromatic nitrogens is 2. The first kappa shape index (κ1) is 25.6. The zero-order valence-electron chi connectivity index (χ0n) is 22.3. The maximum atomic E-state index is 15.0. The van der Waals surface area contributed by atoms with Crippen LogP contribution in [0.1, 0.15) is 73.0 Å². The number of rotatable bonds is 5. The van der Waals surface area contributed by atoms with Crippen LogP contribution in [0.3, 0.4) is 0 Å². The number of pyridine rings is 2. The van der Waals surface area contributed by atoms with Crippen molar-refractivity contribution < 1.29 is 28.6 Å². The molecule has 0 spiro atoms. The third-order valence-corrected chi connectivity index (χ3v) is 8.26. The molecule has 0 saturated heterocycles. The smallest absolute Gasteiger partial charge is 0.343 e. The third kappa shape index (κ3) is 3.57. The molecular formula is C29H30FN3O6. The zero-order chi connectivity index (χ0) is 27.8. The number of carbonyl (C=O) groups excluding carboxylic acids is 2. The molecule has 3 aliphatic rings. The number of carbonyl (C=O) groups is 2. The highest BCUT2D eigenvalue weighted by Gasteiger charge is 2.49. The number of ether oxygens (including phenoxy) is 2. The Bertz CT molecular complexity index is 1640. The lowest BCUT2D eigenvalue weighted by Crippen LogP contribution is -2.47. The maximum Gasteiger partial charge on any atom is 0.343 e. The number of amides is 1. The summed E-state index contributed by atoms with van der Waals surface area (Å²) in [4.78, 5) is 44.1. The number of hydrogen-bond donors (Lipinski definition) is 2. The number of nitrogens with one attached hydrogen (secondary N) is 1. The molecule has 9 nitrogen and oxygen atoms in total. The van der Waals surface area contributed by atoms with Gasteiger partial charge in [0.1, 0.15) is 19.0 Å². The van der Waals surface area contributed by atoms with Crippen molar-refractivity contribution in [3.63, 3.8) is 0 Å². The molecule has 2 N–H and O–H groups in total. The SMILES string of the molecule is CC[C@@]1(OC(C)C)C(=O)OCc2c1cc1n(c2=O)Cc2c-1nc1cc(F)c(C)c3c1c2[C@@H](NC(=O)CO)CC3. The molecule has 1 aromatic carbocycles. The lowest BCUT2D eigenvalue weighted by Gasteiger charge is -2.37. The van der Waals surface area contributed by atoms with Crippen molar-refractivity contribution in [2.45, 2.75) is 77.9 Å². The van der Waals surface area contributed by atoms with E-state index in [1.807, 2.05) is 20.8 Å². The number of esters is 1. The topological polar surface area (TPSA) is 120 Å². The first-order valence-corrected chi connectivity index (χ1v) is 13.3. The van der Waals surface area contributed by atoms with Gasteiger partial charge in [-0.2, -0.15) is 0 Å². The minimum Gasteiger partial charge on any atom is -0.458 e. The number of cyclic esters (lactones) is 1. The van der Waals surface area contributed by atoms with Crippen molar-refractivity contribution in [3.8, 4) is 11.4 Å². The summed E-state index contributed by atoms with van der Waals surface area (Å²) >= 11 is 0.